The van der Waals surface area contributed by atoms with Crippen LogP contribution in [0.25, 0.3) is 0 Å². The predicted octanol–water partition coefficient (Wildman–Crippen LogP) is 1.04. The van der Waals surface area contributed by atoms with Gasteiger partial charge in [-0.25, -0.2) is 4.79 Å². The number of methoxy groups -OCH3 is 1. The molecule has 2 rings (SSSR count). The number of hydrogen-bond acceptors (Lipinski definition) is 7. The highest BCUT2D eigenvalue weighted by Gasteiger charge is 2.54. The highest BCUT2D eigenvalue weighted by Crippen LogP contribution is 2.32. The van der Waals surface area contributed by atoms with E-state index < -0.39 is 35.2 Å². The molecule has 1 heterocycles. The minimum absolute atomic E-state index is 0.280. The molecule has 1 aliphatic rings. The van der Waals surface area contributed by atoms with Gasteiger partial charge in [0.15, 0.2) is 12.6 Å². The molecule has 0 aromatic heterocycles. The Labute approximate surface area is 155 Å². The number of carbonyl (C=O) groups excluding carboxylic acids is 3. The highest BCUT2D eigenvalue weighted by atomic mass is 32.2. The van der Waals surface area contributed by atoms with E-state index in [1.165, 1.54) is 7.11 Å². The van der Waals surface area contributed by atoms with E-state index in [2.05, 4.69) is 16.6 Å². The molecule has 0 radical (unpaired) electrons. The van der Waals surface area contributed by atoms with Crippen LogP contribution >= 0.6 is 12.0 Å². The first-order chi connectivity index (χ1) is 12.4. The Morgan fingerprint density at radius 3 is 2.58 bits per heavy atom. The Hall–Kier alpha value is -2.52. The van der Waals surface area contributed by atoms with Crippen LogP contribution in [0.3, 0.4) is 0 Å². The first-order valence-electron chi connectivity index (χ1n) is 7.73. The second-order valence-corrected chi connectivity index (χ2v) is 6.35. The number of rotatable bonds is 8. The Kier molecular flexibility index (Phi) is 6.64. The van der Waals surface area contributed by atoms with Crippen molar-refractivity contribution >= 4 is 29.8 Å². The second kappa shape index (κ2) is 8.72. The summed E-state index contributed by atoms with van der Waals surface area (Å²) in [5, 5.41) is 1.67. The van der Waals surface area contributed by atoms with Gasteiger partial charge in [0.25, 0.3) is 5.91 Å². The predicted molar refractivity (Wildman–Crippen MR) is 95.3 cm³/mol. The summed E-state index contributed by atoms with van der Waals surface area (Å²) in [6.07, 6.45) is 0. The molecule has 3 atom stereocenters. The summed E-state index contributed by atoms with van der Waals surface area (Å²) < 4.78 is 19.5. The molecule has 0 saturated carbocycles. The average molecular weight is 380 g/mol. The molecule has 26 heavy (non-hydrogen) atoms. The van der Waals surface area contributed by atoms with Crippen molar-refractivity contribution in [2.45, 2.75) is 24.4 Å². The summed E-state index contributed by atoms with van der Waals surface area (Å²) in [6, 6.07) is 6.76. The van der Waals surface area contributed by atoms with Crippen molar-refractivity contribution in [2.24, 2.45) is 0 Å². The highest BCUT2D eigenvalue weighted by molar-refractivity contribution is 7.94. The van der Waals surface area contributed by atoms with Gasteiger partial charge in [-0.15, -0.1) is 0 Å². The number of para-hydroxylation sites is 1. The van der Waals surface area contributed by atoms with E-state index >= 15 is 0 Å². The molecule has 9 heteroatoms. The zero-order valence-electron chi connectivity index (χ0n) is 14.4. The lowest BCUT2D eigenvalue weighted by atomic mass is 9.99. The minimum Gasteiger partial charge on any atom is -0.484 e. The minimum atomic E-state index is -1.02. The van der Waals surface area contributed by atoms with Crippen LogP contribution < -0.4 is 10.1 Å². The van der Waals surface area contributed by atoms with Crippen LogP contribution in [0, 0.1) is 0 Å². The topological polar surface area (TPSA) is 105 Å². The van der Waals surface area contributed by atoms with Crippen LogP contribution in [-0.4, -0.2) is 58.4 Å². The van der Waals surface area contributed by atoms with Crippen molar-refractivity contribution in [3.05, 3.63) is 42.5 Å². The maximum atomic E-state index is 12.4. The van der Waals surface area contributed by atoms with Crippen molar-refractivity contribution in [1.29, 1.82) is 0 Å². The quantitative estimate of drug-likeness (QED) is 0.300. The SMILES string of the molecule is C=C(C)[C@H](C(=O)OC)N1C(=O)[C@@H](NC(=O)COc2ccccc2)[C@H]1SO. The van der Waals surface area contributed by atoms with Gasteiger partial charge in [-0.3, -0.25) is 9.59 Å². The lowest BCUT2D eigenvalue weighted by Gasteiger charge is -2.48. The van der Waals surface area contributed by atoms with E-state index in [9.17, 15) is 18.9 Å². The van der Waals surface area contributed by atoms with Gasteiger partial charge in [0.2, 0.25) is 5.91 Å². The van der Waals surface area contributed by atoms with Gasteiger partial charge in [-0.1, -0.05) is 24.8 Å². The summed E-state index contributed by atoms with van der Waals surface area (Å²) in [4.78, 5) is 37.5. The summed E-state index contributed by atoms with van der Waals surface area (Å²) >= 11 is 0.362. The Morgan fingerprint density at radius 1 is 1.38 bits per heavy atom. The number of β-lactam (4-membered cyclic amide) rings is 1. The van der Waals surface area contributed by atoms with Crippen LogP contribution in [0.5, 0.6) is 5.75 Å². The molecule has 140 valence electrons. The van der Waals surface area contributed by atoms with Crippen molar-refractivity contribution in [3.8, 4) is 5.75 Å². The Balaban J connectivity index is 1.98. The molecule has 1 aliphatic heterocycles. The van der Waals surface area contributed by atoms with Gasteiger partial charge in [0, 0.05) is 12.0 Å². The number of carbonyl (C=O) groups is 3. The Bertz CT molecular complexity index is 696. The van der Waals surface area contributed by atoms with Crippen LogP contribution in [0.2, 0.25) is 0 Å². The number of likely N-dealkylation sites (tertiary alicyclic amines) is 1. The first kappa shape index (κ1) is 19.8. The summed E-state index contributed by atoms with van der Waals surface area (Å²) in [6.45, 7) is 4.98. The number of esters is 1. The van der Waals surface area contributed by atoms with Gasteiger partial charge in [-0.05, 0) is 24.6 Å². The molecule has 1 fully saturated rings. The van der Waals surface area contributed by atoms with Crippen molar-refractivity contribution in [1.82, 2.24) is 10.2 Å². The maximum absolute atomic E-state index is 12.4. The van der Waals surface area contributed by atoms with Crippen molar-refractivity contribution < 1.29 is 28.4 Å². The molecule has 0 aliphatic carbocycles. The van der Waals surface area contributed by atoms with Gasteiger partial charge >= 0.3 is 5.97 Å². The number of nitrogens with one attached hydrogen (secondary N) is 1. The molecule has 1 aromatic carbocycles. The van der Waals surface area contributed by atoms with E-state index in [-0.39, 0.29) is 6.61 Å². The molecule has 0 unspecified atom stereocenters. The molecule has 1 saturated heterocycles. The molecule has 8 nitrogen and oxygen atoms in total. The largest absolute Gasteiger partial charge is 0.484 e. The average Bonchev–Trinajstić information content (AvgIpc) is 2.64. The third-order valence-electron chi connectivity index (χ3n) is 3.79. The molecular formula is C17H20N2O6S. The van der Waals surface area contributed by atoms with Crippen LogP contribution in [-0.2, 0) is 19.1 Å². The number of amides is 2. The zero-order chi connectivity index (χ0) is 19.3. The fourth-order valence-corrected chi connectivity index (χ4v) is 3.18. The molecule has 1 aromatic rings. The Morgan fingerprint density at radius 2 is 2.04 bits per heavy atom. The molecule has 0 spiro atoms. The smallest absolute Gasteiger partial charge is 0.332 e. The van der Waals surface area contributed by atoms with Gasteiger partial charge in [0.05, 0.1) is 7.11 Å². The summed E-state index contributed by atoms with van der Waals surface area (Å²) in [5.74, 6) is -1.17. The lowest BCUT2D eigenvalue weighted by Crippen LogP contribution is -2.73. The van der Waals surface area contributed by atoms with Crippen molar-refractivity contribution in [2.75, 3.05) is 13.7 Å². The monoisotopic (exact) mass is 380 g/mol. The van der Waals surface area contributed by atoms with Crippen LogP contribution in [0.1, 0.15) is 6.92 Å². The fourth-order valence-electron chi connectivity index (χ4n) is 2.55. The van der Waals surface area contributed by atoms with E-state index in [1.807, 2.05) is 6.07 Å². The lowest BCUT2D eigenvalue weighted by molar-refractivity contribution is -0.161. The maximum Gasteiger partial charge on any atom is 0.332 e. The molecule has 2 amide bonds. The van der Waals surface area contributed by atoms with E-state index in [1.54, 1.807) is 31.2 Å². The van der Waals surface area contributed by atoms with Gasteiger partial charge in [0.1, 0.15) is 17.2 Å². The third-order valence-corrected chi connectivity index (χ3v) is 4.50. The zero-order valence-corrected chi connectivity index (χ0v) is 15.2. The second-order valence-electron chi connectivity index (χ2n) is 5.66. The normalized spacial score (nSPS) is 20.0. The fraction of sp³-hybridized carbons (Fsp3) is 0.353. The van der Waals surface area contributed by atoms with E-state index in [0.717, 1.165) is 4.90 Å². The van der Waals surface area contributed by atoms with Gasteiger partial charge < -0.3 is 24.2 Å². The first-order valence-corrected chi connectivity index (χ1v) is 8.57. The number of hydrogen-bond donors (Lipinski definition) is 2. The van der Waals surface area contributed by atoms with Gasteiger partial charge in [-0.2, -0.15) is 0 Å². The molecular weight excluding hydrogens is 360 g/mol. The van der Waals surface area contributed by atoms with Crippen LogP contribution in [0.4, 0.5) is 0 Å². The molecule has 0 bridgehead atoms. The summed E-state index contributed by atoms with van der Waals surface area (Å²) in [7, 11) is 1.20. The third kappa shape index (κ3) is 4.17. The number of benzene rings is 1. The summed E-state index contributed by atoms with van der Waals surface area (Å²) in [5.41, 5.74) is 0.390. The van der Waals surface area contributed by atoms with E-state index in [0.29, 0.717) is 23.4 Å². The number of nitrogens with zero attached hydrogens (tertiary/aromatic N) is 1. The van der Waals surface area contributed by atoms with Crippen molar-refractivity contribution in [3.63, 3.8) is 0 Å². The van der Waals surface area contributed by atoms with E-state index in [4.69, 9.17) is 4.74 Å². The standard InChI is InChI=1S/C17H20N2O6S/c1-10(2)14(17(22)24-3)19-15(21)13(16(19)26-23)18-12(20)9-25-11-7-5-4-6-8-11/h4-8,13-14,16,23H,1,9H2,2-3H3,(H,18,20)/t13-,14-,16-/m1/s1. The number of ether oxygens (including phenoxy) is 2. The molecule has 2 N–H and O–H groups in total. The van der Waals surface area contributed by atoms with Crippen LogP contribution in [0.15, 0.2) is 42.5 Å².